The van der Waals surface area contributed by atoms with E-state index in [1.54, 1.807) is 6.92 Å². The molecule has 0 aromatic heterocycles. The first-order valence-electron chi connectivity index (χ1n) is 4.60. The Hall–Kier alpha value is -0.0000000000000000278. The Bertz CT molecular complexity index is 177. The van der Waals surface area contributed by atoms with Crippen molar-refractivity contribution in [1.29, 1.82) is 0 Å². The zero-order valence-electron chi connectivity index (χ0n) is 7.70. The largest absolute Gasteiger partial charge is 0.304 e. The number of hydrogen-bond donors (Lipinski definition) is 0. The maximum Gasteiger partial charge on any atom is 0.304 e. The fourth-order valence-electron chi connectivity index (χ4n) is 1.38. The van der Waals surface area contributed by atoms with Gasteiger partial charge in [0.15, 0.2) is 0 Å². The molecule has 3 nitrogen and oxygen atoms in total. The van der Waals surface area contributed by atoms with E-state index in [-0.39, 0.29) is 0 Å². The van der Waals surface area contributed by atoms with Gasteiger partial charge in [-0.15, -0.1) is 0 Å². The summed E-state index contributed by atoms with van der Waals surface area (Å²) in [6, 6.07) is 0. The van der Waals surface area contributed by atoms with Gasteiger partial charge in [-0.1, -0.05) is 12.8 Å². The van der Waals surface area contributed by atoms with Crippen molar-refractivity contribution in [3.63, 3.8) is 0 Å². The maximum absolute atomic E-state index is 13.1. The van der Waals surface area contributed by atoms with Crippen LogP contribution >= 0.6 is 0 Å². The molecule has 0 bridgehead atoms. The number of rotatable bonds is 4. The Kier molecular flexibility index (Phi) is 4.83. The van der Waals surface area contributed by atoms with Crippen molar-refractivity contribution >= 4 is 11.4 Å². The van der Waals surface area contributed by atoms with Crippen molar-refractivity contribution in [1.82, 2.24) is 0 Å². The van der Waals surface area contributed by atoms with Crippen molar-refractivity contribution in [2.75, 3.05) is 6.61 Å². The van der Waals surface area contributed by atoms with E-state index >= 15 is 0 Å². The second-order valence-corrected chi connectivity index (χ2v) is 3.88. The summed E-state index contributed by atoms with van der Waals surface area (Å²) in [7, 11) is 0. The van der Waals surface area contributed by atoms with Crippen molar-refractivity contribution in [3.8, 4) is 0 Å². The molecule has 0 aliphatic heterocycles. The summed E-state index contributed by atoms with van der Waals surface area (Å²) in [6.45, 7) is 2.03. The quantitative estimate of drug-likeness (QED) is 0.711. The second kappa shape index (κ2) is 5.67. The molecule has 13 heavy (non-hydrogen) atoms. The lowest BCUT2D eigenvalue weighted by atomic mass is 9.96. The lowest BCUT2D eigenvalue weighted by Crippen LogP contribution is -2.30. The van der Waals surface area contributed by atoms with Crippen LogP contribution in [0.3, 0.4) is 0 Å². The SMILES string of the molecule is CCOS(=O)OC1CCCCC1F. The molecule has 0 N–H and O–H groups in total. The molecule has 0 spiro atoms. The average molecular weight is 210 g/mol. The third kappa shape index (κ3) is 3.70. The molecule has 0 aromatic carbocycles. The van der Waals surface area contributed by atoms with Crippen LogP contribution in [0.25, 0.3) is 0 Å². The molecule has 1 saturated carbocycles. The first-order chi connectivity index (χ1) is 6.24. The van der Waals surface area contributed by atoms with Crippen LogP contribution < -0.4 is 0 Å². The summed E-state index contributed by atoms with van der Waals surface area (Å²) >= 11 is -1.78. The highest BCUT2D eigenvalue weighted by molar-refractivity contribution is 7.75. The Labute approximate surface area is 80.5 Å². The van der Waals surface area contributed by atoms with Gasteiger partial charge < -0.3 is 0 Å². The molecule has 0 heterocycles. The summed E-state index contributed by atoms with van der Waals surface area (Å²) in [4.78, 5) is 0. The van der Waals surface area contributed by atoms with Gasteiger partial charge in [0, 0.05) is 0 Å². The monoisotopic (exact) mass is 210 g/mol. The topological polar surface area (TPSA) is 35.5 Å². The summed E-state index contributed by atoms with van der Waals surface area (Å²) in [5, 5.41) is 0. The molecular weight excluding hydrogens is 195 g/mol. The highest BCUT2D eigenvalue weighted by Crippen LogP contribution is 2.24. The standard InChI is InChI=1S/C8H15FO3S/c1-2-11-13(10)12-8-6-4-3-5-7(8)9/h7-8H,2-6H2,1H3. The molecule has 0 radical (unpaired) electrons. The predicted octanol–water partition coefficient (Wildman–Crippen LogP) is 1.90. The third-order valence-corrected chi connectivity index (χ3v) is 2.87. The van der Waals surface area contributed by atoms with Crippen molar-refractivity contribution in [2.45, 2.75) is 44.9 Å². The Morgan fingerprint density at radius 2 is 2.15 bits per heavy atom. The molecule has 1 rings (SSSR count). The minimum Gasteiger partial charge on any atom is -0.269 e. The van der Waals surface area contributed by atoms with Crippen molar-refractivity contribution < 1.29 is 17.0 Å². The van der Waals surface area contributed by atoms with Gasteiger partial charge in [-0.3, -0.25) is 8.37 Å². The number of halogens is 1. The van der Waals surface area contributed by atoms with E-state index in [0.29, 0.717) is 19.4 Å². The van der Waals surface area contributed by atoms with E-state index in [4.69, 9.17) is 4.18 Å². The smallest absolute Gasteiger partial charge is 0.269 e. The molecule has 78 valence electrons. The molecule has 1 aliphatic carbocycles. The van der Waals surface area contributed by atoms with Crippen LogP contribution in [-0.4, -0.2) is 23.1 Å². The van der Waals surface area contributed by atoms with Crippen LogP contribution in [0.2, 0.25) is 0 Å². The van der Waals surface area contributed by atoms with E-state index in [1.165, 1.54) is 0 Å². The molecular formula is C8H15FO3S. The van der Waals surface area contributed by atoms with Crippen LogP contribution in [0, 0.1) is 0 Å². The molecule has 0 aromatic rings. The Morgan fingerprint density at radius 3 is 2.77 bits per heavy atom. The van der Waals surface area contributed by atoms with E-state index < -0.39 is 23.6 Å². The number of hydrogen-bond acceptors (Lipinski definition) is 3. The molecule has 3 atom stereocenters. The van der Waals surface area contributed by atoms with Gasteiger partial charge >= 0.3 is 11.4 Å². The van der Waals surface area contributed by atoms with Gasteiger partial charge in [0.25, 0.3) is 0 Å². The van der Waals surface area contributed by atoms with Crippen LogP contribution in [0.15, 0.2) is 0 Å². The maximum atomic E-state index is 13.1. The molecule has 3 unspecified atom stereocenters. The summed E-state index contributed by atoms with van der Waals surface area (Å²) in [5.41, 5.74) is 0. The average Bonchev–Trinajstić information content (AvgIpc) is 2.09. The first-order valence-corrected chi connectivity index (χ1v) is 5.60. The van der Waals surface area contributed by atoms with Gasteiger partial charge in [-0.2, -0.15) is 4.21 Å². The molecule has 1 fully saturated rings. The Morgan fingerprint density at radius 1 is 1.46 bits per heavy atom. The zero-order chi connectivity index (χ0) is 9.68. The van der Waals surface area contributed by atoms with Crippen LogP contribution in [0.1, 0.15) is 32.6 Å². The summed E-state index contributed by atoms with van der Waals surface area (Å²) in [5.74, 6) is 0. The van der Waals surface area contributed by atoms with Crippen LogP contribution in [0.5, 0.6) is 0 Å². The molecule has 0 saturated heterocycles. The minimum atomic E-state index is -1.78. The Balaban J connectivity index is 2.29. The van der Waals surface area contributed by atoms with E-state index in [1.807, 2.05) is 0 Å². The van der Waals surface area contributed by atoms with Gasteiger partial charge in [0.2, 0.25) is 0 Å². The lowest BCUT2D eigenvalue weighted by molar-refractivity contribution is 0.0628. The number of alkyl halides is 1. The molecule has 1 aliphatic rings. The van der Waals surface area contributed by atoms with Crippen molar-refractivity contribution in [3.05, 3.63) is 0 Å². The zero-order valence-corrected chi connectivity index (χ0v) is 8.52. The van der Waals surface area contributed by atoms with Crippen LogP contribution in [-0.2, 0) is 19.7 Å². The summed E-state index contributed by atoms with van der Waals surface area (Å²) in [6.07, 6.45) is 1.45. The first kappa shape index (κ1) is 11.1. The van der Waals surface area contributed by atoms with Crippen molar-refractivity contribution in [2.24, 2.45) is 0 Å². The fraction of sp³-hybridized carbons (Fsp3) is 1.00. The lowest BCUT2D eigenvalue weighted by Gasteiger charge is -2.24. The van der Waals surface area contributed by atoms with E-state index in [0.717, 1.165) is 12.8 Å². The third-order valence-electron chi connectivity index (χ3n) is 2.04. The van der Waals surface area contributed by atoms with Crippen LogP contribution in [0.4, 0.5) is 4.39 Å². The summed E-state index contributed by atoms with van der Waals surface area (Å²) < 4.78 is 33.7. The highest BCUT2D eigenvalue weighted by Gasteiger charge is 2.27. The predicted molar refractivity (Wildman–Crippen MR) is 48.0 cm³/mol. The van der Waals surface area contributed by atoms with Gasteiger partial charge in [-0.25, -0.2) is 4.39 Å². The minimum absolute atomic E-state index is 0.316. The van der Waals surface area contributed by atoms with Gasteiger partial charge in [0.05, 0.1) is 6.61 Å². The van der Waals surface area contributed by atoms with E-state index in [2.05, 4.69) is 4.18 Å². The normalized spacial score (nSPS) is 31.5. The highest BCUT2D eigenvalue weighted by atomic mass is 32.2. The molecule has 5 heteroatoms. The van der Waals surface area contributed by atoms with Gasteiger partial charge in [0.1, 0.15) is 12.3 Å². The molecule has 0 amide bonds. The van der Waals surface area contributed by atoms with Gasteiger partial charge in [-0.05, 0) is 19.8 Å². The van der Waals surface area contributed by atoms with E-state index in [9.17, 15) is 8.60 Å². The fourth-order valence-corrected chi connectivity index (χ4v) is 2.05. The second-order valence-electron chi connectivity index (χ2n) is 3.05.